The number of aldehydes is 1. The maximum atomic E-state index is 12.1. The zero-order valence-corrected chi connectivity index (χ0v) is 10.7. The highest BCUT2D eigenvalue weighted by Gasteiger charge is 2.23. The average Bonchev–Trinajstić information content (AvgIpc) is 2.63. The molecule has 0 unspecified atom stereocenters. The Morgan fingerprint density at radius 3 is 2.61 bits per heavy atom. The van der Waals surface area contributed by atoms with E-state index in [0.29, 0.717) is 17.4 Å². The number of anilines is 1. The van der Waals surface area contributed by atoms with Crippen molar-refractivity contribution in [3.8, 4) is 0 Å². The molecular formula is C10H12N4O3S. The van der Waals surface area contributed by atoms with Gasteiger partial charge in [0.25, 0.3) is 0 Å². The molecule has 2 rings (SSSR count). The van der Waals surface area contributed by atoms with Crippen LogP contribution in [0.2, 0.25) is 0 Å². The standard InChI is InChI=1S/C10H12N4O3S/c1-13(2)18(16,17)14-9-5-7(6-15)3-4-8(9)12-10(14)11/h3-6H,1-2H3,(H2,11,12). The van der Waals surface area contributed by atoms with Crippen LogP contribution in [0.4, 0.5) is 5.95 Å². The third kappa shape index (κ3) is 1.75. The number of carbonyl (C=O) groups excluding carboxylic acids is 1. The fraction of sp³-hybridized carbons (Fsp3) is 0.200. The second-order valence-corrected chi connectivity index (χ2v) is 5.88. The molecule has 1 aromatic heterocycles. The molecule has 0 fully saturated rings. The Balaban J connectivity index is 2.85. The van der Waals surface area contributed by atoms with E-state index in [2.05, 4.69) is 4.98 Å². The van der Waals surface area contributed by atoms with Gasteiger partial charge in [0.2, 0.25) is 5.95 Å². The predicted molar refractivity (Wildman–Crippen MR) is 67.5 cm³/mol. The summed E-state index contributed by atoms with van der Waals surface area (Å²) >= 11 is 0. The summed E-state index contributed by atoms with van der Waals surface area (Å²) in [6, 6.07) is 4.54. The number of imidazole rings is 1. The van der Waals surface area contributed by atoms with Crippen LogP contribution >= 0.6 is 0 Å². The van der Waals surface area contributed by atoms with Crippen molar-refractivity contribution < 1.29 is 13.2 Å². The Kier molecular flexibility index (Phi) is 2.83. The summed E-state index contributed by atoms with van der Waals surface area (Å²) in [6.07, 6.45) is 0.634. The lowest BCUT2D eigenvalue weighted by atomic mass is 10.2. The lowest BCUT2D eigenvalue weighted by molar-refractivity contribution is 0.112. The van der Waals surface area contributed by atoms with Crippen LogP contribution in [-0.4, -0.2) is 42.1 Å². The van der Waals surface area contributed by atoms with Crippen LogP contribution in [0.1, 0.15) is 10.4 Å². The molecule has 96 valence electrons. The molecule has 0 bridgehead atoms. The topological polar surface area (TPSA) is 98.3 Å². The molecular weight excluding hydrogens is 256 g/mol. The first-order valence-electron chi connectivity index (χ1n) is 5.04. The molecule has 1 aromatic carbocycles. The van der Waals surface area contributed by atoms with E-state index in [-0.39, 0.29) is 11.5 Å². The van der Waals surface area contributed by atoms with Gasteiger partial charge in [0.15, 0.2) is 0 Å². The summed E-state index contributed by atoms with van der Waals surface area (Å²) in [5.74, 6) is -0.137. The molecule has 1 heterocycles. The van der Waals surface area contributed by atoms with Gasteiger partial charge in [-0.1, -0.05) is 0 Å². The molecule has 0 saturated heterocycles. The molecule has 0 saturated carbocycles. The van der Waals surface area contributed by atoms with E-state index in [1.807, 2.05) is 0 Å². The number of rotatable bonds is 3. The number of aromatic nitrogens is 2. The molecule has 0 atom stereocenters. The van der Waals surface area contributed by atoms with Crippen LogP contribution in [0, 0.1) is 0 Å². The summed E-state index contributed by atoms with van der Waals surface area (Å²) in [5, 5.41) is 0. The van der Waals surface area contributed by atoms with Crippen LogP contribution < -0.4 is 5.73 Å². The fourth-order valence-corrected chi connectivity index (χ4v) is 2.57. The smallest absolute Gasteiger partial charge is 0.310 e. The van der Waals surface area contributed by atoms with E-state index in [1.54, 1.807) is 12.1 Å². The van der Waals surface area contributed by atoms with Crippen molar-refractivity contribution in [1.82, 2.24) is 13.3 Å². The van der Waals surface area contributed by atoms with Crippen molar-refractivity contribution in [3.63, 3.8) is 0 Å². The Morgan fingerprint density at radius 2 is 2.06 bits per heavy atom. The Morgan fingerprint density at radius 1 is 1.39 bits per heavy atom. The van der Waals surface area contributed by atoms with E-state index in [4.69, 9.17) is 5.73 Å². The van der Waals surface area contributed by atoms with Crippen molar-refractivity contribution in [3.05, 3.63) is 23.8 Å². The highest BCUT2D eigenvalue weighted by molar-refractivity contribution is 7.87. The van der Waals surface area contributed by atoms with Gasteiger partial charge in [-0.15, -0.1) is 0 Å². The van der Waals surface area contributed by atoms with Gasteiger partial charge in [-0.25, -0.2) is 4.98 Å². The highest BCUT2D eigenvalue weighted by atomic mass is 32.2. The van der Waals surface area contributed by atoms with Gasteiger partial charge in [-0.05, 0) is 18.2 Å². The number of carbonyl (C=O) groups is 1. The second kappa shape index (κ2) is 4.07. The molecule has 0 aliphatic heterocycles. The van der Waals surface area contributed by atoms with Crippen molar-refractivity contribution in [2.75, 3.05) is 19.8 Å². The number of hydrogen-bond donors (Lipinski definition) is 1. The largest absolute Gasteiger partial charge is 0.368 e. The number of benzene rings is 1. The fourth-order valence-electron chi connectivity index (χ4n) is 1.57. The van der Waals surface area contributed by atoms with Crippen LogP contribution in [0.5, 0.6) is 0 Å². The minimum atomic E-state index is -3.77. The minimum Gasteiger partial charge on any atom is -0.368 e. The van der Waals surface area contributed by atoms with Gasteiger partial charge in [-0.3, -0.25) is 4.79 Å². The van der Waals surface area contributed by atoms with Crippen molar-refractivity contribution in [2.24, 2.45) is 0 Å². The molecule has 18 heavy (non-hydrogen) atoms. The number of nitrogens with zero attached hydrogens (tertiary/aromatic N) is 3. The minimum absolute atomic E-state index is 0.137. The maximum absolute atomic E-state index is 12.1. The Labute approximate surface area is 104 Å². The zero-order chi connectivity index (χ0) is 13.5. The summed E-state index contributed by atoms with van der Waals surface area (Å²) in [6.45, 7) is 0. The number of hydrogen-bond acceptors (Lipinski definition) is 5. The first-order chi connectivity index (χ1) is 8.37. The maximum Gasteiger partial charge on any atom is 0.310 e. The molecule has 7 nitrogen and oxygen atoms in total. The van der Waals surface area contributed by atoms with E-state index in [1.165, 1.54) is 20.2 Å². The average molecular weight is 268 g/mol. The summed E-state index contributed by atoms with van der Waals surface area (Å²) in [5.41, 5.74) is 6.69. The molecule has 2 aromatic rings. The van der Waals surface area contributed by atoms with Gasteiger partial charge >= 0.3 is 10.2 Å². The Hall–Kier alpha value is -1.93. The van der Waals surface area contributed by atoms with E-state index in [0.717, 1.165) is 8.28 Å². The first-order valence-corrected chi connectivity index (χ1v) is 6.44. The van der Waals surface area contributed by atoms with E-state index >= 15 is 0 Å². The molecule has 0 spiro atoms. The highest BCUT2D eigenvalue weighted by Crippen LogP contribution is 2.21. The van der Waals surface area contributed by atoms with Crippen LogP contribution in [0.15, 0.2) is 18.2 Å². The van der Waals surface area contributed by atoms with Gasteiger partial charge < -0.3 is 5.73 Å². The van der Waals surface area contributed by atoms with Crippen molar-refractivity contribution in [1.29, 1.82) is 0 Å². The SMILES string of the molecule is CN(C)S(=O)(=O)n1c(N)nc2ccc(C=O)cc21. The molecule has 0 amide bonds. The van der Waals surface area contributed by atoms with Gasteiger partial charge in [0.1, 0.15) is 6.29 Å². The van der Waals surface area contributed by atoms with E-state index in [9.17, 15) is 13.2 Å². The first kappa shape index (κ1) is 12.5. The molecule has 0 aliphatic rings. The third-order valence-electron chi connectivity index (χ3n) is 2.49. The lowest BCUT2D eigenvalue weighted by Crippen LogP contribution is -2.29. The molecule has 2 N–H and O–H groups in total. The molecule has 0 radical (unpaired) electrons. The third-order valence-corrected chi connectivity index (χ3v) is 4.26. The monoisotopic (exact) mass is 268 g/mol. The normalized spacial score (nSPS) is 12.2. The van der Waals surface area contributed by atoms with Crippen LogP contribution in [-0.2, 0) is 10.2 Å². The summed E-state index contributed by atoms with van der Waals surface area (Å²) in [7, 11) is -0.983. The number of fused-ring (bicyclic) bond motifs is 1. The molecule has 0 aliphatic carbocycles. The zero-order valence-electron chi connectivity index (χ0n) is 9.86. The molecule has 8 heteroatoms. The van der Waals surface area contributed by atoms with Gasteiger partial charge in [-0.2, -0.15) is 16.7 Å². The van der Waals surface area contributed by atoms with Crippen molar-refractivity contribution >= 4 is 33.5 Å². The quantitative estimate of drug-likeness (QED) is 0.795. The summed E-state index contributed by atoms with van der Waals surface area (Å²) in [4.78, 5) is 14.7. The number of nitrogens with two attached hydrogens (primary N) is 1. The lowest BCUT2D eigenvalue weighted by Gasteiger charge is -2.13. The van der Waals surface area contributed by atoms with E-state index < -0.39 is 10.2 Å². The number of nitrogen functional groups attached to an aromatic ring is 1. The van der Waals surface area contributed by atoms with Crippen LogP contribution in [0.3, 0.4) is 0 Å². The second-order valence-electron chi connectivity index (χ2n) is 3.89. The predicted octanol–water partition coefficient (Wildman–Crippen LogP) is 0.0855. The summed E-state index contributed by atoms with van der Waals surface area (Å²) < 4.78 is 26.2. The van der Waals surface area contributed by atoms with Crippen molar-refractivity contribution in [2.45, 2.75) is 0 Å². The van der Waals surface area contributed by atoms with Gasteiger partial charge in [0.05, 0.1) is 11.0 Å². The van der Waals surface area contributed by atoms with Crippen LogP contribution in [0.25, 0.3) is 11.0 Å². The Bertz CT molecular complexity index is 718. The van der Waals surface area contributed by atoms with Gasteiger partial charge in [0, 0.05) is 19.7 Å².